The van der Waals surface area contributed by atoms with Crippen LogP contribution in [0, 0.1) is 17.2 Å². The summed E-state index contributed by atoms with van der Waals surface area (Å²) in [6, 6.07) is 8.94. The van der Waals surface area contributed by atoms with Crippen LogP contribution in [0.1, 0.15) is 26.7 Å². The maximum absolute atomic E-state index is 14.3. The third-order valence-corrected chi connectivity index (χ3v) is 6.84. The van der Waals surface area contributed by atoms with Crippen LogP contribution in [0.5, 0.6) is 0 Å². The molecule has 0 unspecified atom stereocenters. The van der Waals surface area contributed by atoms with Crippen LogP contribution in [0.4, 0.5) is 14.9 Å². The number of piperidine rings is 1. The molecule has 2 aromatic rings. The van der Waals surface area contributed by atoms with Crippen LogP contribution in [0.15, 0.2) is 41.4 Å². The molecular weight excluding hydrogens is 389 g/mol. The monoisotopic (exact) mass is 417 g/mol. The van der Waals surface area contributed by atoms with E-state index in [1.54, 1.807) is 12.3 Å². The molecule has 1 amide bonds. The number of thioether (sulfide) groups is 1. The van der Waals surface area contributed by atoms with Gasteiger partial charge in [-0.25, -0.2) is 9.18 Å². The summed E-state index contributed by atoms with van der Waals surface area (Å²) >= 11 is 1.51. The summed E-state index contributed by atoms with van der Waals surface area (Å²) in [6.45, 7) is 6.28. The van der Waals surface area contributed by atoms with Gasteiger partial charge in [-0.15, -0.1) is 11.8 Å². The Balaban J connectivity index is 1.67. The van der Waals surface area contributed by atoms with E-state index in [9.17, 15) is 14.3 Å². The summed E-state index contributed by atoms with van der Waals surface area (Å²) in [4.78, 5) is 18.0. The predicted molar refractivity (Wildman–Crippen MR) is 116 cm³/mol. The minimum atomic E-state index is -0.840. The second-order valence-corrected chi connectivity index (χ2v) is 8.80. The molecule has 1 fully saturated rings. The van der Waals surface area contributed by atoms with Crippen molar-refractivity contribution in [1.82, 2.24) is 9.88 Å². The Bertz CT molecular complexity index is 850. The fourth-order valence-corrected chi connectivity index (χ4v) is 4.29. The molecule has 1 aliphatic rings. The molecule has 0 saturated carbocycles. The molecule has 1 aromatic heterocycles. The van der Waals surface area contributed by atoms with Crippen molar-refractivity contribution in [3.05, 3.63) is 42.3 Å². The maximum Gasteiger partial charge on any atom is 0.407 e. The van der Waals surface area contributed by atoms with E-state index in [1.165, 1.54) is 22.7 Å². The van der Waals surface area contributed by atoms with Gasteiger partial charge in [-0.1, -0.05) is 13.8 Å². The van der Waals surface area contributed by atoms with E-state index in [4.69, 9.17) is 0 Å². The third-order valence-electron chi connectivity index (χ3n) is 6.11. The number of benzene rings is 1. The van der Waals surface area contributed by atoms with Gasteiger partial charge in [0, 0.05) is 30.1 Å². The van der Waals surface area contributed by atoms with Crippen molar-refractivity contribution >= 4 is 23.5 Å². The first-order valence-electron chi connectivity index (χ1n) is 9.86. The van der Waals surface area contributed by atoms with E-state index in [2.05, 4.69) is 24.1 Å². The van der Waals surface area contributed by atoms with Crippen LogP contribution >= 0.6 is 11.8 Å². The minimum absolute atomic E-state index is 0.0460. The van der Waals surface area contributed by atoms with Gasteiger partial charge in [-0.3, -0.25) is 4.98 Å². The lowest BCUT2D eigenvalue weighted by atomic mass is 9.70. The predicted octanol–water partition coefficient (Wildman–Crippen LogP) is 5.44. The number of hydrogen-bond donors (Lipinski definition) is 2. The molecule has 5 nitrogen and oxygen atoms in total. The molecule has 2 N–H and O–H groups in total. The van der Waals surface area contributed by atoms with E-state index in [1.807, 2.05) is 24.5 Å². The summed E-state index contributed by atoms with van der Waals surface area (Å²) in [6.07, 6.45) is 4.48. The molecule has 0 radical (unpaired) electrons. The van der Waals surface area contributed by atoms with Gasteiger partial charge in [0.05, 0.1) is 17.6 Å². The second kappa shape index (κ2) is 9.03. The second-order valence-electron chi connectivity index (χ2n) is 7.92. The Morgan fingerprint density at radius 2 is 2.03 bits per heavy atom. The van der Waals surface area contributed by atoms with Crippen molar-refractivity contribution in [1.29, 1.82) is 0 Å². The highest BCUT2D eigenvalue weighted by molar-refractivity contribution is 7.98. The first-order valence-corrected chi connectivity index (χ1v) is 11.1. The van der Waals surface area contributed by atoms with Crippen molar-refractivity contribution in [2.24, 2.45) is 11.3 Å². The Morgan fingerprint density at radius 3 is 2.55 bits per heavy atom. The zero-order valence-corrected chi connectivity index (χ0v) is 17.9. The van der Waals surface area contributed by atoms with E-state index in [0.717, 1.165) is 30.0 Å². The fourth-order valence-electron chi connectivity index (χ4n) is 3.87. The van der Waals surface area contributed by atoms with Crippen LogP contribution < -0.4 is 5.32 Å². The van der Waals surface area contributed by atoms with Crippen molar-refractivity contribution in [3.8, 4) is 11.3 Å². The van der Waals surface area contributed by atoms with Gasteiger partial charge in [-0.2, -0.15) is 0 Å². The third kappa shape index (κ3) is 4.83. The average molecular weight is 418 g/mol. The van der Waals surface area contributed by atoms with Crippen LogP contribution in [0.25, 0.3) is 11.3 Å². The van der Waals surface area contributed by atoms with E-state index >= 15 is 0 Å². The largest absolute Gasteiger partial charge is 0.465 e. The quantitative estimate of drug-likeness (QED) is 0.613. The summed E-state index contributed by atoms with van der Waals surface area (Å²) in [5.41, 5.74) is 2.03. The van der Waals surface area contributed by atoms with Gasteiger partial charge < -0.3 is 15.3 Å². The summed E-state index contributed by atoms with van der Waals surface area (Å²) in [5.74, 6) is 0.163. The van der Waals surface area contributed by atoms with Crippen LogP contribution in [-0.2, 0) is 0 Å². The molecule has 0 aliphatic carbocycles. The van der Waals surface area contributed by atoms with Crippen LogP contribution in [-0.4, -0.2) is 47.0 Å². The number of carboxylic acid groups (broad SMARTS) is 1. The molecule has 0 spiro atoms. The molecule has 1 aliphatic heterocycles. The SMILES string of the molecule is CSc1ccc(-c2ccc(NCC3(C(C)C)CCN(C(=O)O)CC3)cn2)c(F)c1. The van der Waals surface area contributed by atoms with Crippen molar-refractivity contribution in [3.63, 3.8) is 0 Å². The molecule has 7 heteroatoms. The summed E-state index contributed by atoms with van der Waals surface area (Å²) in [7, 11) is 0. The highest BCUT2D eigenvalue weighted by Crippen LogP contribution is 2.39. The number of carbonyl (C=O) groups is 1. The number of hydrogen-bond acceptors (Lipinski definition) is 4. The standard InChI is InChI=1S/C22H28FN3O2S/c1-15(2)22(8-10-26(11-9-22)21(27)28)14-25-16-4-7-20(24-13-16)18-6-5-17(29-3)12-19(18)23/h4-7,12-13,15,25H,8-11,14H2,1-3H3,(H,27,28). The lowest BCUT2D eigenvalue weighted by Gasteiger charge is -2.44. The van der Waals surface area contributed by atoms with Gasteiger partial charge in [-0.05, 0) is 60.8 Å². The van der Waals surface area contributed by atoms with Crippen molar-refractivity contribution in [2.75, 3.05) is 31.2 Å². The number of anilines is 1. The summed E-state index contributed by atoms with van der Waals surface area (Å²) in [5, 5.41) is 12.7. The lowest BCUT2D eigenvalue weighted by Crippen LogP contribution is -2.47. The number of likely N-dealkylation sites (tertiary alicyclic amines) is 1. The molecule has 0 atom stereocenters. The Hall–Kier alpha value is -2.28. The number of amides is 1. The number of nitrogens with zero attached hydrogens (tertiary/aromatic N) is 2. The number of nitrogens with one attached hydrogen (secondary N) is 1. The first kappa shape index (κ1) is 21.4. The van der Waals surface area contributed by atoms with Crippen molar-refractivity contribution < 1.29 is 14.3 Å². The molecular formula is C22H28FN3O2S. The molecule has 0 bridgehead atoms. The average Bonchev–Trinajstić information content (AvgIpc) is 2.72. The van der Waals surface area contributed by atoms with Crippen LogP contribution in [0.3, 0.4) is 0 Å². The Kier molecular flexibility index (Phi) is 6.67. The van der Waals surface area contributed by atoms with Crippen molar-refractivity contribution in [2.45, 2.75) is 31.6 Å². The number of pyridine rings is 1. The maximum atomic E-state index is 14.3. The zero-order chi connectivity index (χ0) is 21.0. The van der Waals surface area contributed by atoms with Gasteiger partial charge in [0.25, 0.3) is 0 Å². The highest BCUT2D eigenvalue weighted by Gasteiger charge is 2.38. The molecule has 3 rings (SSSR count). The zero-order valence-electron chi connectivity index (χ0n) is 17.1. The van der Waals surface area contributed by atoms with E-state index < -0.39 is 6.09 Å². The molecule has 156 valence electrons. The topological polar surface area (TPSA) is 65.5 Å². The van der Waals surface area contributed by atoms with E-state index in [-0.39, 0.29) is 11.2 Å². The molecule has 2 heterocycles. The summed E-state index contributed by atoms with van der Waals surface area (Å²) < 4.78 is 14.3. The van der Waals surface area contributed by atoms with Gasteiger partial charge >= 0.3 is 6.09 Å². The number of aromatic nitrogens is 1. The Morgan fingerprint density at radius 1 is 1.31 bits per heavy atom. The fraction of sp³-hybridized carbons (Fsp3) is 0.455. The molecule has 29 heavy (non-hydrogen) atoms. The number of rotatable bonds is 6. The van der Waals surface area contributed by atoms with Gasteiger partial charge in [0.15, 0.2) is 0 Å². The van der Waals surface area contributed by atoms with Crippen LogP contribution in [0.2, 0.25) is 0 Å². The first-order chi connectivity index (χ1) is 13.8. The van der Waals surface area contributed by atoms with Gasteiger partial charge in [0.1, 0.15) is 5.82 Å². The smallest absolute Gasteiger partial charge is 0.407 e. The minimum Gasteiger partial charge on any atom is -0.465 e. The lowest BCUT2D eigenvalue weighted by molar-refractivity contribution is 0.0681. The van der Waals surface area contributed by atoms with Gasteiger partial charge in [0.2, 0.25) is 0 Å². The van der Waals surface area contributed by atoms with E-state index in [0.29, 0.717) is 30.3 Å². The number of halogens is 1. The normalized spacial score (nSPS) is 16.1. The Labute approximate surface area is 175 Å². The molecule has 1 aromatic carbocycles. The highest BCUT2D eigenvalue weighted by atomic mass is 32.2. The molecule has 1 saturated heterocycles.